The second kappa shape index (κ2) is 5.43. The lowest BCUT2D eigenvalue weighted by molar-refractivity contribution is -0.384. The molecule has 2 heterocycles. The van der Waals surface area contributed by atoms with Gasteiger partial charge in [0, 0.05) is 28.6 Å². The van der Waals surface area contributed by atoms with E-state index in [0.717, 1.165) is 32.9 Å². The van der Waals surface area contributed by atoms with Crippen LogP contribution < -0.4 is 5.69 Å². The van der Waals surface area contributed by atoms with Crippen molar-refractivity contribution in [2.24, 2.45) is 0 Å². The van der Waals surface area contributed by atoms with Crippen LogP contribution in [-0.4, -0.2) is 19.9 Å². The van der Waals surface area contributed by atoms with Gasteiger partial charge >= 0.3 is 5.69 Å². The largest absolute Gasteiger partial charge is 0.323 e. The molecular formula is C16H10N4O3S. The summed E-state index contributed by atoms with van der Waals surface area (Å²) in [5, 5.41) is 13.4. The van der Waals surface area contributed by atoms with Gasteiger partial charge < -0.3 is 9.97 Å². The van der Waals surface area contributed by atoms with Gasteiger partial charge in [-0.1, -0.05) is 6.07 Å². The van der Waals surface area contributed by atoms with Crippen molar-refractivity contribution in [2.75, 3.05) is 0 Å². The number of benzene rings is 2. The van der Waals surface area contributed by atoms with Crippen LogP contribution in [0.1, 0.15) is 0 Å². The Kier molecular flexibility index (Phi) is 3.24. The number of nitrogens with zero attached hydrogens (tertiary/aromatic N) is 2. The average Bonchev–Trinajstić information content (AvgIpc) is 3.19. The molecule has 4 aromatic rings. The van der Waals surface area contributed by atoms with E-state index in [1.165, 1.54) is 23.5 Å². The van der Waals surface area contributed by atoms with Crippen LogP contribution in [0.25, 0.3) is 32.9 Å². The summed E-state index contributed by atoms with van der Waals surface area (Å²) >= 11 is 1.46. The SMILES string of the molecule is O=c1[nH]c2ccc(-c3csc(-c4ccc([N+](=O)[O-])cc4)n3)cc2[nH]1. The van der Waals surface area contributed by atoms with Crippen molar-refractivity contribution in [3.8, 4) is 21.8 Å². The van der Waals surface area contributed by atoms with Gasteiger partial charge in [0.05, 0.1) is 21.7 Å². The fourth-order valence-electron chi connectivity index (χ4n) is 2.46. The van der Waals surface area contributed by atoms with Gasteiger partial charge in [0.25, 0.3) is 5.69 Å². The van der Waals surface area contributed by atoms with Crippen molar-refractivity contribution in [3.63, 3.8) is 0 Å². The number of nitro benzene ring substituents is 1. The molecule has 0 fully saturated rings. The number of hydrogen-bond donors (Lipinski definition) is 2. The fourth-order valence-corrected chi connectivity index (χ4v) is 3.29. The van der Waals surface area contributed by atoms with Gasteiger partial charge in [0.1, 0.15) is 5.01 Å². The normalized spacial score (nSPS) is 11.0. The molecular weight excluding hydrogens is 328 g/mol. The molecule has 0 amide bonds. The van der Waals surface area contributed by atoms with Crippen LogP contribution in [0.3, 0.4) is 0 Å². The van der Waals surface area contributed by atoms with E-state index in [1.54, 1.807) is 12.1 Å². The van der Waals surface area contributed by atoms with Crippen LogP contribution >= 0.6 is 11.3 Å². The zero-order chi connectivity index (χ0) is 16.7. The van der Waals surface area contributed by atoms with E-state index in [9.17, 15) is 14.9 Å². The van der Waals surface area contributed by atoms with Crippen molar-refractivity contribution in [1.29, 1.82) is 0 Å². The van der Waals surface area contributed by atoms with E-state index in [4.69, 9.17) is 0 Å². The number of nitro groups is 1. The predicted octanol–water partition coefficient (Wildman–Crippen LogP) is 3.55. The molecule has 118 valence electrons. The summed E-state index contributed by atoms with van der Waals surface area (Å²) in [5.74, 6) is 0. The van der Waals surface area contributed by atoms with Crippen molar-refractivity contribution in [1.82, 2.24) is 15.0 Å². The Bertz CT molecular complexity index is 1110. The van der Waals surface area contributed by atoms with E-state index in [0.29, 0.717) is 0 Å². The summed E-state index contributed by atoms with van der Waals surface area (Å²) in [4.78, 5) is 31.6. The van der Waals surface area contributed by atoms with Crippen molar-refractivity contribution in [2.45, 2.75) is 0 Å². The summed E-state index contributed by atoms with van der Waals surface area (Å²) in [7, 11) is 0. The highest BCUT2D eigenvalue weighted by Crippen LogP contribution is 2.30. The molecule has 0 saturated heterocycles. The van der Waals surface area contributed by atoms with E-state index in [2.05, 4.69) is 15.0 Å². The van der Waals surface area contributed by atoms with Crippen LogP contribution in [-0.2, 0) is 0 Å². The highest BCUT2D eigenvalue weighted by atomic mass is 32.1. The number of thiazole rings is 1. The Morgan fingerprint density at radius 3 is 2.46 bits per heavy atom. The molecule has 8 heteroatoms. The minimum Gasteiger partial charge on any atom is -0.306 e. The summed E-state index contributed by atoms with van der Waals surface area (Å²) in [5.41, 5.74) is 3.79. The van der Waals surface area contributed by atoms with Gasteiger partial charge in [0.2, 0.25) is 0 Å². The molecule has 2 aromatic carbocycles. The van der Waals surface area contributed by atoms with Crippen LogP contribution in [0, 0.1) is 10.1 Å². The third kappa shape index (κ3) is 2.48. The number of rotatable bonds is 3. The number of imidazole rings is 1. The van der Waals surface area contributed by atoms with Crippen LogP contribution in [0.15, 0.2) is 52.6 Å². The third-order valence-corrected chi connectivity index (χ3v) is 4.53. The summed E-state index contributed by atoms with van der Waals surface area (Å²) < 4.78 is 0. The van der Waals surface area contributed by atoms with Gasteiger partial charge in [-0.3, -0.25) is 10.1 Å². The Morgan fingerprint density at radius 2 is 1.71 bits per heavy atom. The molecule has 0 bridgehead atoms. The smallest absolute Gasteiger partial charge is 0.306 e. The minimum absolute atomic E-state index is 0.0531. The second-order valence-electron chi connectivity index (χ2n) is 5.18. The number of fused-ring (bicyclic) bond motifs is 1. The molecule has 24 heavy (non-hydrogen) atoms. The van der Waals surface area contributed by atoms with E-state index >= 15 is 0 Å². The lowest BCUT2D eigenvalue weighted by Crippen LogP contribution is -1.99. The van der Waals surface area contributed by atoms with E-state index in [1.807, 2.05) is 23.6 Å². The Balaban J connectivity index is 1.70. The molecule has 0 radical (unpaired) electrons. The molecule has 2 aromatic heterocycles. The molecule has 0 unspecified atom stereocenters. The zero-order valence-corrected chi connectivity index (χ0v) is 13.0. The highest BCUT2D eigenvalue weighted by Gasteiger charge is 2.10. The second-order valence-corrected chi connectivity index (χ2v) is 6.04. The number of aromatic amines is 2. The maximum Gasteiger partial charge on any atom is 0.323 e. The number of aromatic nitrogens is 3. The first-order valence-corrected chi connectivity index (χ1v) is 7.91. The molecule has 0 spiro atoms. The maximum absolute atomic E-state index is 11.3. The number of nitrogens with one attached hydrogen (secondary N) is 2. The first-order chi connectivity index (χ1) is 11.6. The van der Waals surface area contributed by atoms with Gasteiger partial charge in [-0.15, -0.1) is 11.3 Å². The minimum atomic E-state index is -0.427. The maximum atomic E-state index is 11.3. The summed E-state index contributed by atoms with van der Waals surface area (Å²) in [6.07, 6.45) is 0. The fraction of sp³-hybridized carbons (Fsp3) is 0. The first kappa shape index (κ1) is 14.3. The number of hydrogen-bond acceptors (Lipinski definition) is 5. The Hall–Kier alpha value is -3.26. The molecule has 7 nitrogen and oxygen atoms in total. The highest BCUT2D eigenvalue weighted by molar-refractivity contribution is 7.13. The van der Waals surface area contributed by atoms with E-state index < -0.39 is 4.92 Å². The van der Waals surface area contributed by atoms with Gasteiger partial charge in [-0.05, 0) is 24.3 Å². The molecule has 2 N–H and O–H groups in total. The molecule has 4 rings (SSSR count). The lowest BCUT2D eigenvalue weighted by atomic mass is 10.1. The Morgan fingerprint density at radius 1 is 1.00 bits per heavy atom. The monoisotopic (exact) mass is 338 g/mol. The molecule has 0 saturated carbocycles. The quantitative estimate of drug-likeness (QED) is 0.440. The topological polar surface area (TPSA) is 105 Å². The van der Waals surface area contributed by atoms with E-state index in [-0.39, 0.29) is 11.4 Å². The van der Waals surface area contributed by atoms with Crippen LogP contribution in [0.4, 0.5) is 5.69 Å². The van der Waals surface area contributed by atoms with Gasteiger partial charge in [-0.25, -0.2) is 9.78 Å². The van der Waals surface area contributed by atoms with Gasteiger partial charge in [-0.2, -0.15) is 0 Å². The summed E-state index contributed by atoms with van der Waals surface area (Å²) in [6.45, 7) is 0. The first-order valence-electron chi connectivity index (χ1n) is 7.03. The standard InChI is InChI=1S/C16H10N4O3S/c21-16-18-12-6-3-10(7-13(12)19-16)14-8-24-15(17-14)9-1-4-11(5-2-9)20(22)23/h1-8H,(H2,18,19,21). The Labute approximate surface area is 138 Å². The van der Waals surface area contributed by atoms with Crippen molar-refractivity contribution < 1.29 is 4.92 Å². The zero-order valence-electron chi connectivity index (χ0n) is 12.1. The molecule has 0 atom stereocenters. The number of non-ortho nitro benzene ring substituents is 1. The molecule has 0 aliphatic rings. The van der Waals surface area contributed by atoms with Crippen LogP contribution in [0.2, 0.25) is 0 Å². The van der Waals surface area contributed by atoms with Gasteiger partial charge in [0.15, 0.2) is 0 Å². The number of H-pyrrole nitrogens is 2. The van der Waals surface area contributed by atoms with Crippen LogP contribution in [0.5, 0.6) is 0 Å². The third-order valence-electron chi connectivity index (χ3n) is 3.64. The van der Waals surface area contributed by atoms with Crippen molar-refractivity contribution in [3.05, 3.63) is 68.4 Å². The summed E-state index contributed by atoms with van der Waals surface area (Å²) in [6, 6.07) is 11.9. The predicted molar refractivity (Wildman–Crippen MR) is 92.1 cm³/mol. The van der Waals surface area contributed by atoms with Crippen molar-refractivity contribution >= 4 is 28.1 Å². The molecule has 0 aliphatic heterocycles. The average molecular weight is 338 g/mol. The lowest BCUT2D eigenvalue weighted by Gasteiger charge is -1.98. The molecule has 0 aliphatic carbocycles.